The van der Waals surface area contributed by atoms with Crippen molar-refractivity contribution in [2.45, 2.75) is 110 Å². The van der Waals surface area contributed by atoms with Crippen LogP contribution in [0.5, 0.6) is 17.2 Å². The van der Waals surface area contributed by atoms with Crippen molar-refractivity contribution in [3.05, 3.63) is 153 Å². The molecule has 5 fully saturated rings. The van der Waals surface area contributed by atoms with Gasteiger partial charge in [-0.25, -0.2) is 14.0 Å². The van der Waals surface area contributed by atoms with Crippen molar-refractivity contribution in [3.63, 3.8) is 0 Å². The zero-order chi connectivity index (χ0) is 58.9. The number of carbonyl (C=O) groups is 5. The molecule has 2 bridgehead atoms. The number of esters is 1. The largest absolute Gasteiger partial charge is 0.495 e. The van der Waals surface area contributed by atoms with Gasteiger partial charge in [0.05, 0.1) is 62.5 Å². The molecule has 10 rings (SSSR count). The van der Waals surface area contributed by atoms with Crippen molar-refractivity contribution in [2.24, 2.45) is 17.3 Å². The number of ether oxygens (including phenoxy) is 4. The average Bonchev–Trinajstić information content (AvgIpc) is 1.59. The lowest BCUT2D eigenvalue weighted by Crippen LogP contribution is -2.65. The summed E-state index contributed by atoms with van der Waals surface area (Å²) >= 11 is 6.65. The molecule has 3 saturated carbocycles. The van der Waals surface area contributed by atoms with Crippen molar-refractivity contribution in [2.75, 3.05) is 34.4 Å². The van der Waals surface area contributed by atoms with Crippen LogP contribution in [0.25, 0.3) is 0 Å². The second kappa shape index (κ2) is 24.2. The van der Waals surface area contributed by atoms with Gasteiger partial charge in [0.2, 0.25) is 5.91 Å². The molecule has 5 aromatic rings. The lowest BCUT2D eigenvalue weighted by molar-refractivity contribution is -0.199. The molecule has 1 unspecified atom stereocenters. The second-order valence-corrected chi connectivity index (χ2v) is 25.1. The van der Waals surface area contributed by atoms with Crippen LogP contribution in [0.15, 0.2) is 109 Å². The molecule has 3 aliphatic carbocycles. The van der Waals surface area contributed by atoms with Crippen molar-refractivity contribution >= 4 is 61.3 Å². The van der Waals surface area contributed by atoms with Crippen LogP contribution in [0.2, 0.25) is 5.02 Å². The highest BCUT2D eigenvalue weighted by Crippen LogP contribution is 2.66. The maximum atomic E-state index is 15.8. The maximum Gasteiger partial charge on any atom is 0.482 e. The number of amides is 5. The topological polar surface area (TPSA) is 207 Å². The molecular weight excluding hydrogens is 1100 g/mol. The molecule has 18 nitrogen and oxygen atoms in total. The predicted octanol–water partition coefficient (Wildman–Crippen LogP) is 9.33. The van der Waals surface area contributed by atoms with Gasteiger partial charge in [0.1, 0.15) is 28.8 Å². The molecule has 0 radical (unpaired) electrons. The molecule has 6 atom stereocenters. The molecule has 5 aromatic carbocycles. The first-order chi connectivity index (χ1) is 39.0. The highest BCUT2D eigenvalue weighted by atomic mass is 35.5. The van der Waals surface area contributed by atoms with Crippen LogP contribution in [0.3, 0.4) is 0 Å². The molecule has 2 N–H and O–H groups in total. The van der Waals surface area contributed by atoms with Gasteiger partial charge >= 0.3 is 38.5 Å². The van der Waals surface area contributed by atoms with Crippen molar-refractivity contribution < 1.29 is 70.2 Å². The fourth-order valence-corrected chi connectivity index (χ4v) is 13.4. The Morgan fingerprint density at radius 2 is 1.41 bits per heavy atom. The Labute approximate surface area is 482 Å². The number of methoxy groups -OCH3 is 3. The minimum Gasteiger partial charge on any atom is -0.495 e. The molecular formula is C60H68BClFN4O14P. The quantitative estimate of drug-likeness (QED) is 0.0322. The van der Waals surface area contributed by atoms with Gasteiger partial charge in [-0.15, -0.1) is 0 Å². The Bertz CT molecular complexity index is 3220. The van der Waals surface area contributed by atoms with E-state index < -0.39 is 79.0 Å². The zero-order valence-electron chi connectivity index (χ0n) is 47.3. The maximum absolute atomic E-state index is 15.8. The lowest BCUT2D eigenvalue weighted by atomic mass is 9.43. The van der Waals surface area contributed by atoms with Gasteiger partial charge in [0, 0.05) is 19.6 Å². The molecule has 0 aromatic heterocycles. The summed E-state index contributed by atoms with van der Waals surface area (Å²) in [6.45, 7) is 10.8. The van der Waals surface area contributed by atoms with Gasteiger partial charge in [-0.05, 0) is 116 Å². The van der Waals surface area contributed by atoms with Gasteiger partial charge in [0.25, 0.3) is 0 Å². The first-order valence-electron chi connectivity index (χ1n) is 27.1. The first-order valence-corrected chi connectivity index (χ1v) is 29.0. The summed E-state index contributed by atoms with van der Waals surface area (Å²) in [5, 5.41) is 6.07. The van der Waals surface area contributed by atoms with E-state index in [1.807, 2.05) is 67.6 Å². The highest BCUT2D eigenvalue weighted by molar-refractivity contribution is 7.62. The van der Waals surface area contributed by atoms with Crippen LogP contribution >= 0.6 is 19.2 Å². The average molecular weight is 1170 g/mol. The van der Waals surface area contributed by atoms with Gasteiger partial charge in [-0.1, -0.05) is 110 Å². The third-order valence-electron chi connectivity index (χ3n) is 16.1. The van der Waals surface area contributed by atoms with Crippen LogP contribution in [0.4, 0.5) is 9.18 Å². The molecule has 2 aliphatic heterocycles. The number of carbonyl (C=O) groups excluding carboxylic acids is 5. The number of halogens is 2. The van der Waals surface area contributed by atoms with E-state index in [1.165, 1.54) is 56.6 Å². The van der Waals surface area contributed by atoms with Crippen LogP contribution in [-0.2, 0) is 68.2 Å². The number of hydrogen-bond donors (Lipinski definition) is 2. The Morgan fingerprint density at radius 1 is 0.793 bits per heavy atom. The number of benzene rings is 5. The van der Waals surface area contributed by atoms with E-state index in [4.69, 9.17) is 48.9 Å². The summed E-state index contributed by atoms with van der Waals surface area (Å²) in [7, 11) is -1.11. The summed E-state index contributed by atoms with van der Waals surface area (Å²) in [6, 6.07) is 27.2. The Hall–Kier alpha value is -6.80. The van der Waals surface area contributed by atoms with Crippen LogP contribution in [0.1, 0.15) is 98.6 Å². The number of hydrogen-bond acceptors (Lipinski definition) is 14. The van der Waals surface area contributed by atoms with Crippen molar-refractivity contribution in [1.82, 2.24) is 20.4 Å². The third-order valence-corrected chi connectivity index (χ3v) is 18.4. The SMILES string of the molecule is COc1ccc(CN2CCN(C(=O)NC(C(=O)N[C@@H](Cc3ccc(F)c(C(=O)OC(C)(C)C)c3OC)B3O[C@@H]4C[C@@H]5C[C@@H](C5(C)C)[C@]4(C)O3)c3ccc(P(=O)(OCc4ccccc4)OCc4ccccc4)cc3)C(=O)C2=O)c(Cl)c1OC. The standard InChI is InChI=1S/C60H68BClFN4O14P/c1-58(2,3)79-56(71)48-43(63)26-22-39(51(48)75-8)30-47(61-80-46-32-41-31-45(59(41,4)5)60(46,6)81-61)64-53(68)50(65-57(72)67-29-28-66(54(69)55(67)70)33-40-23-27-44(74-7)52(76-9)49(40)62)38-20-24-42(25-21-38)82(73,77-34-36-16-12-10-13-17-36)78-35-37-18-14-11-15-19-37/h10-27,41,45-47,50H,28-35H2,1-9H3,(H,64,68)(H,65,72)/t41-,45-,46+,47-,50?,60-/m0/s1. The number of nitrogens with zero attached hydrogens (tertiary/aromatic N) is 2. The van der Waals surface area contributed by atoms with Crippen LogP contribution in [-0.4, -0.2) is 104 Å². The Balaban J connectivity index is 1.06. The minimum atomic E-state index is -4.13. The molecule has 82 heavy (non-hydrogen) atoms. The minimum absolute atomic E-state index is 0.0595. The molecule has 5 aliphatic rings. The number of imide groups is 1. The Morgan fingerprint density at radius 3 is 2.00 bits per heavy atom. The van der Waals surface area contributed by atoms with E-state index in [9.17, 15) is 23.7 Å². The number of rotatable bonds is 20. The summed E-state index contributed by atoms with van der Waals surface area (Å²) in [5.41, 5.74) is 0.0839. The highest BCUT2D eigenvalue weighted by Gasteiger charge is 2.68. The van der Waals surface area contributed by atoms with E-state index >= 15 is 9.18 Å². The van der Waals surface area contributed by atoms with Crippen LogP contribution in [0, 0.1) is 23.1 Å². The molecule has 2 saturated heterocycles. The molecule has 5 amide bonds. The summed E-state index contributed by atoms with van der Waals surface area (Å²) < 4.78 is 78.8. The first kappa shape index (κ1) is 59.8. The van der Waals surface area contributed by atoms with Crippen molar-refractivity contribution in [3.8, 4) is 17.2 Å². The summed E-state index contributed by atoms with van der Waals surface area (Å²) in [6.07, 6.45) is 1.09. The van der Waals surface area contributed by atoms with E-state index in [-0.39, 0.29) is 89.7 Å². The summed E-state index contributed by atoms with van der Waals surface area (Å²) in [4.78, 5) is 73.5. The molecule has 2 heterocycles. The molecule has 0 spiro atoms. The third kappa shape index (κ3) is 12.3. The molecule has 22 heteroatoms. The summed E-state index contributed by atoms with van der Waals surface area (Å²) in [5.74, 6) is -5.06. The lowest BCUT2D eigenvalue weighted by Gasteiger charge is -2.64. The predicted molar refractivity (Wildman–Crippen MR) is 303 cm³/mol. The Kier molecular flexibility index (Phi) is 17.6. The fraction of sp³-hybridized carbons (Fsp3) is 0.417. The normalized spacial score (nSPS) is 21.0. The van der Waals surface area contributed by atoms with Gasteiger partial charge in [-0.2, -0.15) is 0 Å². The van der Waals surface area contributed by atoms with Crippen molar-refractivity contribution in [1.29, 1.82) is 0 Å². The van der Waals surface area contributed by atoms with Gasteiger partial charge in [0.15, 0.2) is 11.5 Å². The second-order valence-electron chi connectivity index (χ2n) is 22.7. The number of piperazine rings is 1. The fourth-order valence-electron chi connectivity index (χ4n) is 11.6. The number of nitrogens with one attached hydrogen (secondary N) is 2. The van der Waals surface area contributed by atoms with Crippen LogP contribution < -0.4 is 30.1 Å². The number of urea groups is 1. The van der Waals surface area contributed by atoms with E-state index in [2.05, 4.69) is 24.5 Å². The molecule has 434 valence electrons. The van der Waals surface area contributed by atoms with Gasteiger partial charge < -0.3 is 52.8 Å². The smallest absolute Gasteiger partial charge is 0.482 e. The van der Waals surface area contributed by atoms with E-state index in [1.54, 1.807) is 32.9 Å². The van der Waals surface area contributed by atoms with E-state index in [0.717, 1.165) is 23.6 Å². The van der Waals surface area contributed by atoms with Gasteiger partial charge in [-0.3, -0.25) is 23.8 Å². The zero-order valence-corrected chi connectivity index (χ0v) is 49.0. The monoisotopic (exact) mass is 1160 g/mol. The van der Waals surface area contributed by atoms with E-state index in [0.29, 0.717) is 28.6 Å².